The highest BCUT2D eigenvalue weighted by molar-refractivity contribution is 5.75. The second-order valence-corrected chi connectivity index (χ2v) is 6.50. The Morgan fingerprint density at radius 1 is 1.08 bits per heavy atom. The number of likely N-dealkylation sites (tertiary alicyclic amines) is 1. The predicted molar refractivity (Wildman–Crippen MR) is 95.2 cm³/mol. The lowest BCUT2D eigenvalue weighted by Crippen LogP contribution is -2.37. The molecule has 4 rings (SSSR count). The van der Waals surface area contributed by atoms with Gasteiger partial charge >= 0.3 is 5.69 Å². The molecule has 1 N–H and O–H groups in total. The van der Waals surface area contributed by atoms with Crippen LogP contribution in [0.25, 0.3) is 11.0 Å². The van der Waals surface area contributed by atoms with Gasteiger partial charge in [0.2, 0.25) is 0 Å². The molecule has 0 atom stereocenters. The third-order valence-electron chi connectivity index (χ3n) is 5.01. The van der Waals surface area contributed by atoms with Crippen molar-refractivity contribution in [3.8, 4) is 0 Å². The van der Waals surface area contributed by atoms with Gasteiger partial charge in [0, 0.05) is 38.1 Å². The largest absolute Gasteiger partial charge is 0.326 e. The molecule has 5 heteroatoms. The van der Waals surface area contributed by atoms with Gasteiger partial charge in [-0.05, 0) is 49.1 Å². The molecular formula is C19H22N4O. The van der Waals surface area contributed by atoms with Crippen molar-refractivity contribution in [2.75, 3.05) is 19.6 Å². The summed E-state index contributed by atoms with van der Waals surface area (Å²) in [6, 6.07) is 12.4. The minimum Gasteiger partial charge on any atom is -0.306 e. The highest BCUT2D eigenvalue weighted by atomic mass is 16.1. The van der Waals surface area contributed by atoms with E-state index >= 15 is 0 Å². The van der Waals surface area contributed by atoms with Crippen LogP contribution in [0.1, 0.15) is 24.4 Å². The number of rotatable bonds is 4. The van der Waals surface area contributed by atoms with Gasteiger partial charge in [-0.15, -0.1) is 0 Å². The van der Waals surface area contributed by atoms with Crippen molar-refractivity contribution in [3.05, 3.63) is 64.8 Å². The van der Waals surface area contributed by atoms with Crippen LogP contribution in [0, 0.1) is 0 Å². The lowest BCUT2D eigenvalue weighted by Gasteiger charge is -2.32. The van der Waals surface area contributed by atoms with Gasteiger partial charge < -0.3 is 9.88 Å². The first-order valence-corrected chi connectivity index (χ1v) is 8.62. The molecule has 0 saturated carbocycles. The van der Waals surface area contributed by atoms with Gasteiger partial charge in [-0.1, -0.05) is 12.1 Å². The third kappa shape index (κ3) is 2.99. The Morgan fingerprint density at radius 3 is 2.62 bits per heavy atom. The number of imidazole rings is 1. The number of nitrogens with zero attached hydrogens (tertiary/aromatic N) is 3. The van der Waals surface area contributed by atoms with E-state index in [9.17, 15) is 4.79 Å². The number of hydrogen-bond acceptors (Lipinski definition) is 3. The first-order chi connectivity index (χ1) is 11.8. The molecule has 124 valence electrons. The summed E-state index contributed by atoms with van der Waals surface area (Å²) in [4.78, 5) is 21.8. The summed E-state index contributed by atoms with van der Waals surface area (Å²) in [5.41, 5.74) is 3.31. The summed E-state index contributed by atoms with van der Waals surface area (Å²) < 4.78 is 1.95. The van der Waals surface area contributed by atoms with Crippen molar-refractivity contribution in [1.29, 1.82) is 0 Å². The molecule has 5 nitrogen and oxygen atoms in total. The number of benzene rings is 1. The van der Waals surface area contributed by atoms with Crippen molar-refractivity contribution in [2.24, 2.45) is 0 Å². The van der Waals surface area contributed by atoms with Gasteiger partial charge in [-0.3, -0.25) is 9.55 Å². The second-order valence-electron chi connectivity index (χ2n) is 6.50. The van der Waals surface area contributed by atoms with Crippen LogP contribution in [-0.4, -0.2) is 39.1 Å². The number of fused-ring (bicyclic) bond motifs is 1. The molecule has 3 heterocycles. The van der Waals surface area contributed by atoms with Gasteiger partial charge in [0.1, 0.15) is 0 Å². The number of para-hydroxylation sites is 2. The first kappa shape index (κ1) is 15.1. The number of H-pyrrole nitrogens is 1. The van der Waals surface area contributed by atoms with E-state index in [1.54, 1.807) is 0 Å². The van der Waals surface area contributed by atoms with Crippen molar-refractivity contribution in [3.63, 3.8) is 0 Å². The molecule has 0 radical (unpaired) electrons. The zero-order valence-electron chi connectivity index (χ0n) is 13.7. The predicted octanol–water partition coefficient (Wildman–Crippen LogP) is 2.60. The molecule has 1 aliphatic heterocycles. The summed E-state index contributed by atoms with van der Waals surface area (Å²) in [5, 5.41) is 0. The maximum Gasteiger partial charge on any atom is 0.326 e. The number of nitrogens with one attached hydrogen (secondary N) is 1. The fourth-order valence-corrected chi connectivity index (χ4v) is 3.67. The number of aromatic nitrogens is 3. The Hall–Kier alpha value is -2.40. The molecule has 0 spiro atoms. The maximum absolute atomic E-state index is 12.3. The van der Waals surface area contributed by atoms with E-state index in [2.05, 4.69) is 27.0 Å². The maximum atomic E-state index is 12.3. The Bertz CT molecular complexity index is 860. The fourth-order valence-electron chi connectivity index (χ4n) is 3.67. The number of pyridine rings is 1. The summed E-state index contributed by atoms with van der Waals surface area (Å²) in [5.74, 6) is 0. The number of piperidine rings is 1. The van der Waals surface area contributed by atoms with Crippen molar-refractivity contribution < 1.29 is 0 Å². The average Bonchev–Trinajstić information content (AvgIpc) is 2.97. The normalized spacial score (nSPS) is 16.7. The summed E-state index contributed by atoms with van der Waals surface area (Å²) >= 11 is 0. The molecule has 0 bridgehead atoms. The van der Waals surface area contributed by atoms with Gasteiger partial charge in [0.25, 0.3) is 0 Å². The highest BCUT2D eigenvalue weighted by Gasteiger charge is 2.23. The standard InChI is InChI=1S/C19H22N4O/c24-19-21-17-3-1-2-4-18(17)23(19)16-8-13-22(14-9-16)12-7-15-5-10-20-11-6-15/h1-6,10-11,16H,7-9,12-14H2,(H,21,24). The monoisotopic (exact) mass is 322 g/mol. The summed E-state index contributed by atoms with van der Waals surface area (Å²) in [6.45, 7) is 3.16. The van der Waals surface area contributed by atoms with Crippen molar-refractivity contribution in [2.45, 2.75) is 25.3 Å². The molecule has 1 saturated heterocycles. The van der Waals surface area contributed by atoms with E-state index < -0.39 is 0 Å². The Labute approximate surface area is 140 Å². The van der Waals surface area contributed by atoms with E-state index in [1.807, 2.05) is 41.2 Å². The minimum atomic E-state index is 0.0198. The Kier molecular flexibility index (Phi) is 4.17. The van der Waals surface area contributed by atoms with Gasteiger partial charge in [-0.2, -0.15) is 0 Å². The molecule has 0 amide bonds. The van der Waals surface area contributed by atoms with Gasteiger partial charge in [0.15, 0.2) is 0 Å². The number of hydrogen-bond donors (Lipinski definition) is 1. The van der Waals surface area contributed by atoms with Crippen LogP contribution in [-0.2, 0) is 6.42 Å². The average molecular weight is 322 g/mol. The van der Waals surface area contributed by atoms with E-state index in [0.29, 0.717) is 6.04 Å². The molecule has 1 aromatic carbocycles. The highest BCUT2D eigenvalue weighted by Crippen LogP contribution is 2.24. The smallest absolute Gasteiger partial charge is 0.306 e. The molecule has 3 aromatic rings. The lowest BCUT2D eigenvalue weighted by atomic mass is 10.0. The Morgan fingerprint density at radius 2 is 1.83 bits per heavy atom. The lowest BCUT2D eigenvalue weighted by molar-refractivity contribution is 0.188. The second kappa shape index (κ2) is 6.61. The van der Waals surface area contributed by atoms with E-state index in [4.69, 9.17) is 0 Å². The SMILES string of the molecule is O=c1[nH]c2ccccc2n1C1CCN(CCc2ccncc2)CC1. The van der Waals surface area contributed by atoms with Crippen molar-refractivity contribution in [1.82, 2.24) is 19.4 Å². The van der Waals surface area contributed by atoms with Crippen molar-refractivity contribution >= 4 is 11.0 Å². The molecule has 1 aliphatic rings. The van der Waals surface area contributed by atoms with E-state index in [1.165, 1.54) is 5.56 Å². The molecule has 2 aromatic heterocycles. The zero-order chi connectivity index (χ0) is 16.4. The van der Waals surface area contributed by atoms with Crippen LogP contribution in [0.3, 0.4) is 0 Å². The van der Waals surface area contributed by atoms with E-state index in [-0.39, 0.29) is 5.69 Å². The zero-order valence-corrected chi connectivity index (χ0v) is 13.7. The van der Waals surface area contributed by atoms with Crippen LogP contribution in [0.15, 0.2) is 53.6 Å². The van der Waals surface area contributed by atoms with Gasteiger partial charge in [-0.25, -0.2) is 4.79 Å². The minimum absolute atomic E-state index is 0.0198. The quantitative estimate of drug-likeness (QED) is 0.803. The molecule has 0 unspecified atom stereocenters. The molecule has 1 fully saturated rings. The van der Waals surface area contributed by atoms with Crippen LogP contribution < -0.4 is 5.69 Å². The van der Waals surface area contributed by atoms with Crippen LogP contribution in [0.2, 0.25) is 0 Å². The summed E-state index contributed by atoms with van der Waals surface area (Å²) in [7, 11) is 0. The van der Waals surface area contributed by atoms with Crippen LogP contribution in [0.5, 0.6) is 0 Å². The fraction of sp³-hybridized carbons (Fsp3) is 0.368. The number of aromatic amines is 1. The van der Waals surface area contributed by atoms with Gasteiger partial charge in [0.05, 0.1) is 11.0 Å². The molecular weight excluding hydrogens is 300 g/mol. The van der Waals surface area contributed by atoms with Crippen LogP contribution in [0.4, 0.5) is 0 Å². The molecule has 0 aliphatic carbocycles. The van der Waals surface area contributed by atoms with Crippen LogP contribution >= 0.6 is 0 Å². The topological polar surface area (TPSA) is 53.9 Å². The first-order valence-electron chi connectivity index (χ1n) is 8.62. The third-order valence-corrected chi connectivity index (χ3v) is 5.01. The molecule has 24 heavy (non-hydrogen) atoms. The van der Waals surface area contributed by atoms with E-state index in [0.717, 1.165) is 49.9 Å². The summed E-state index contributed by atoms with van der Waals surface area (Å²) in [6.07, 6.45) is 6.81. The Balaban J connectivity index is 1.41.